The van der Waals surface area contributed by atoms with Crippen LogP contribution in [-0.4, -0.2) is 53.3 Å². The molecule has 0 unspecified atom stereocenters. The van der Waals surface area contributed by atoms with Gasteiger partial charge in [-0.25, -0.2) is 19.9 Å². The first-order valence-electron chi connectivity index (χ1n) is 9.63. The number of nitrogens with zero attached hydrogens (tertiary/aromatic N) is 6. The summed E-state index contributed by atoms with van der Waals surface area (Å²) in [7, 11) is 0. The van der Waals surface area contributed by atoms with Crippen LogP contribution in [0.4, 0.5) is 0 Å². The standard InChI is InChI=1S/2C11H9N3O2S.4H2O.Zn/c2*15-10(16)7-17-11-13-6-3-9(14-11)8-1-4-12-5-2-8;;;;;/h2*1-6H,7H2,(H,15,16);4*1H2;/q;;;;;;+2/p+2. The van der Waals surface area contributed by atoms with Crippen LogP contribution < -0.4 is 10.2 Å². The van der Waals surface area contributed by atoms with Gasteiger partial charge in [-0.05, 0) is 36.4 Å². The second-order valence-electron chi connectivity index (χ2n) is 6.24. The molecule has 4 heterocycles. The normalized spacial score (nSPS) is 8.82. The summed E-state index contributed by atoms with van der Waals surface area (Å²) >= 11 is 2.07. The van der Waals surface area contributed by atoms with Crippen LogP contribution in [0, 0.1) is 0 Å². The molecular formula is C22H28N6O8S2Zn+4. The van der Waals surface area contributed by atoms with Crippen molar-refractivity contribution in [2.75, 3.05) is 11.5 Å². The molecule has 4 aromatic heterocycles. The molecule has 0 aliphatic carbocycles. The summed E-state index contributed by atoms with van der Waals surface area (Å²) < 4.78 is 0. The molecule has 0 aliphatic heterocycles. The zero-order chi connectivity index (χ0) is 24.2. The maximum absolute atomic E-state index is 10.3. The molecule has 12 N–H and O–H groups in total. The largest absolute Gasteiger partial charge is 2.00 e. The van der Waals surface area contributed by atoms with Gasteiger partial charge in [-0.2, -0.15) is 0 Å². The summed E-state index contributed by atoms with van der Waals surface area (Å²) in [5.41, 5.74) is 3.31. The molecule has 0 aromatic carbocycles. The fraction of sp³-hybridized carbons (Fsp3) is 0.0909. The number of carbonyl (C=O) groups excluding carboxylic acids is 2. The fourth-order valence-corrected chi connectivity index (χ4v) is 3.53. The Morgan fingerprint density at radius 2 is 0.923 bits per heavy atom. The van der Waals surface area contributed by atoms with Gasteiger partial charge in [0.1, 0.15) is 0 Å². The van der Waals surface area contributed by atoms with Crippen LogP contribution in [0.3, 0.4) is 0 Å². The third-order valence-corrected chi connectivity index (χ3v) is 5.53. The van der Waals surface area contributed by atoms with Crippen molar-refractivity contribution in [2.24, 2.45) is 0 Å². The minimum Gasteiger partial charge on any atom is -0.549 e. The van der Waals surface area contributed by atoms with E-state index in [-0.39, 0.29) is 52.9 Å². The van der Waals surface area contributed by atoms with Crippen molar-refractivity contribution in [3.8, 4) is 22.5 Å². The average molecular weight is 634 g/mol. The predicted molar refractivity (Wildman–Crippen MR) is 141 cm³/mol. The second kappa shape index (κ2) is 21.5. The van der Waals surface area contributed by atoms with Gasteiger partial charge in [-0.1, -0.05) is 23.5 Å². The summed E-state index contributed by atoms with van der Waals surface area (Å²) in [6.07, 6.45) is 9.88. The van der Waals surface area contributed by atoms with Gasteiger partial charge in [-0.3, -0.25) is 9.97 Å². The van der Waals surface area contributed by atoms with Crippen molar-refractivity contribution in [1.82, 2.24) is 29.9 Å². The van der Waals surface area contributed by atoms with E-state index in [9.17, 15) is 19.8 Å². The minimum atomic E-state index is -1.13. The molecule has 0 bridgehead atoms. The van der Waals surface area contributed by atoms with Crippen LogP contribution in [0.25, 0.3) is 22.5 Å². The van der Waals surface area contributed by atoms with Crippen molar-refractivity contribution in [1.29, 1.82) is 0 Å². The van der Waals surface area contributed by atoms with Gasteiger partial charge < -0.3 is 41.7 Å². The zero-order valence-corrected chi connectivity index (χ0v) is 25.1. The first-order chi connectivity index (χ1) is 16.5. The number of pyridine rings is 2. The molecular weight excluding hydrogens is 606 g/mol. The van der Waals surface area contributed by atoms with Gasteiger partial charge in [0.15, 0.2) is 10.3 Å². The minimum absolute atomic E-state index is 0. The maximum atomic E-state index is 10.3. The van der Waals surface area contributed by atoms with Crippen molar-refractivity contribution < 1.29 is 61.2 Å². The molecule has 4 rings (SSSR count). The van der Waals surface area contributed by atoms with Gasteiger partial charge in [0.05, 0.1) is 23.3 Å². The van der Waals surface area contributed by atoms with Crippen molar-refractivity contribution in [2.45, 2.75) is 10.3 Å². The van der Waals surface area contributed by atoms with Crippen molar-refractivity contribution >= 4 is 35.5 Å². The molecule has 14 nitrogen and oxygen atoms in total. The van der Waals surface area contributed by atoms with Crippen LogP contribution in [0.1, 0.15) is 0 Å². The molecule has 0 fully saturated rings. The topological polar surface area (TPSA) is 290 Å². The fourth-order valence-electron chi connectivity index (χ4n) is 2.43. The smallest absolute Gasteiger partial charge is 0.549 e. The predicted octanol–water partition coefficient (Wildman–Crippen LogP) is -2.93. The van der Waals surface area contributed by atoms with Crippen molar-refractivity contribution in [3.63, 3.8) is 0 Å². The van der Waals surface area contributed by atoms with E-state index in [1.165, 1.54) is 0 Å². The van der Waals surface area contributed by atoms with Crippen LogP contribution in [0.15, 0.2) is 83.9 Å². The molecule has 0 atom stereocenters. The zero-order valence-electron chi connectivity index (χ0n) is 20.5. The van der Waals surface area contributed by atoms with E-state index < -0.39 is 11.9 Å². The molecule has 0 saturated heterocycles. The number of carbonyl (C=O) groups is 2. The van der Waals surface area contributed by atoms with Gasteiger partial charge in [-0.15, -0.1) is 0 Å². The number of hydrogen-bond donors (Lipinski definition) is 0. The molecule has 0 radical (unpaired) electrons. The Balaban J connectivity index is -0.000000589. The summed E-state index contributed by atoms with van der Waals surface area (Å²) in [5, 5.41) is 21.5. The molecule has 0 amide bonds. The number of carboxylic acids is 2. The number of hydrogen-bond acceptors (Lipinski definition) is 12. The van der Waals surface area contributed by atoms with E-state index in [1.54, 1.807) is 49.3 Å². The first-order valence-corrected chi connectivity index (χ1v) is 11.6. The van der Waals surface area contributed by atoms with E-state index in [4.69, 9.17) is 0 Å². The molecule has 39 heavy (non-hydrogen) atoms. The number of rotatable bonds is 8. The monoisotopic (exact) mass is 632 g/mol. The van der Waals surface area contributed by atoms with Gasteiger partial charge >= 0.3 is 19.5 Å². The van der Waals surface area contributed by atoms with E-state index >= 15 is 0 Å². The third-order valence-electron chi connectivity index (χ3n) is 3.86. The summed E-state index contributed by atoms with van der Waals surface area (Å²) in [6, 6.07) is 10.8. The van der Waals surface area contributed by atoms with Crippen LogP contribution >= 0.6 is 23.5 Å². The second-order valence-corrected chi connectivity index (χ2v) is 8.13. The molecule has 4 aromatic rings. The Kier molecular flexibility index (Phi) is 22.1. The molecule has 0 saturated carbocycles. The summed E-state index contributed by atoms with van der Waals surface area (Å²) in [4.78, 5) is 45.0. The number of aromatic nitrogens is 6. The Hall–Kier alpha value is -3.44. The van der Waals surface area contributed by atoms with E-state index in [2.05, 4.69) is 29.9 Å². The molecule has 17 heteroatoms. The number of carboxylic acid groups (broad SMARTS) is 2. The number of aliphatic carboxylic acids is 2. The Bertz CT molecular complexity index is 1150. The van der Waals surface area contributed by atoms with Crippen LogP contribution in [-0.2, 0) is 51.0 Å². The summed E-state index contributed by atoms with van der Waals surface area (Å²) in [6.45, 7) is 0. The van der Waals surface area contributed by atoms with E-state index in [0.29, 0.717) is 10.3 Å². The number of thioether (sulfide) groups is 2. The maximum Gasteiger partial charge on any atom is 2.00 e. The van der Waals surface area contributed by atoms with Gasteiger partial charge in [0, 0.05) is 59.8 Å². The Labute approximate surface area is 243 Å². The average Bonchev–Trinajstić information content (AvgIpc) is 2.88. The van der Waals surface area contributed by atoms with Gasteiger partial charge in [0.25, 0.3) is 0 Å². The molecule has 0 spiro atoms. The SMILES string of the molecule is O=C([O-])CSc1nccc(-c2ccncc2)n1.O=C([O-])CSc1nccc(-c2ccncc2)n1.[OH3+].[OH3+].[OH3+].[OH3+].[Zn+2]. The van der Waals surface area contributed by atoms with E-state index in [1.807, 2.05) is 24.3 Å². The summed E-state index contributed by atoms with van der Waals surface area (Å²) in [5.74, 6) is -2.57. The molecule has 0 aliphatic rings. The van der Waals surface area contributed by atoms with Crippen LogP contribution in [0.5, 0.6) is 0 Å². The Morgan fingerprint density at radius 1 is 0.590 bits per heavy atom. The molecule has 204 valence electrons. The van der Waals surface area contributed by atoms with Crippen LogP contribution in [0.2, 0.25) is 0 Å². The van der Waals surface area contributed by atoms with Crippen molar-refractivity contribution in [3.05, 3.63) is 73.6 Å². The third kappa shape index (κ3) is 14.3. The van der Waals surface area contributed by atoms with E-state index in [0.717, 1.165) is 46.0 Å². The first kappa shape index (κ1) is 40.1. The van der Waals surface area contributed by atoms with Gasteiger partial charge in [0.2, 0.25) is 0 Å². The quantitative estimate of drug-likeness (QED) is 0.0815. The Morgan fingerprint density at radius 3 is 1.23 bits per heavy atom.